The van der Waals surface area contributed by atoms with Gasteiger partial charge in [0.05, 0.1) is 25.1 Å². The van der Waals surface area contributed by atoms with Gasteiger partial charge >= 0.3 is 0 Å². The number of anilines is 3. The number of hydrogen-bond donors (Lipinski definition) is 1. The fourth-order valence-electron chi connectivity index (χ4n) is 4.94. The summed E-state index contributed by atoms with van der Waals surface area (Å²) < 4.78 is 5.51. The first-order valence-corrected chi connectivity index (χ1v) is 13.2. The Morgan fingerprint density at radius 1 is 0.971 bits per heavy atom. The lowest BCUT2D eigenvalue weighted by Gasteiger charge is -2.36. The summed E-state index contributed by atoms with van der Waals surface area (Å²) in [6, 6.07) is 6.71. The van der Waals surface area contributed by atoms with Crippen LogP contribution >= 0.6 is 11.3 Å². The van der Waals surface area contributed by atoms with Crippen molar-refractivity contribution in [3.05, 3.63) is 40.0 Å². The van der Waals surface area contributed by atoms with Crippen LogP contribution in [0.25, 0.3) is 10.2 Å². The second-order valence-corrected chi connectivity index (χ2v) is 10.6. The molecule has 1 aromatic carbocycles. The Labute approximate surface area is 206 Å². The van der Waals surface area contributed by atoms with Crippen LogP contribution in [0.5, 0.6) is 0 Å². The van der Waals surface area contributed by atoms with E-state index in [1.807, 2.05) is 0 Å². The summed E-state index contributed by atoms with van der Waals surface area (Å²) in [6.07, 6.45) is 0. The number of morpholine rings is 1. The van der Waals surface area contributed by atoms with Crippen molar-refractivity contribution in [2.45, 2.75) is 34.2 Å². The molecule has 2 saturated heterocycles. The molecule has 0 bridgehead atoms. The normalized spacial score (nSPS) is 18.1. The van der Waals surface area contributed by atoms with Crippen molar-refractivity contribution in [1.82, 2.24) is 19.8 Å². The zero-order valence-corrected chi connectivity index (χ0v) is 21.7. The van der Waals surface area contributed by atoms with Crippen LogP contribution in [0.15, 0.2) is 18.2 Å². The van der Waals surface area contributed by atoms with E-state index in [4.69, 9.17) is 14.7 Å². The van der Waals surface area contributed by atoms with E-state index in [2.05, 4.69) is 65.9 Å². The van der Waals surface area contributed by atoms with E-state index in [-0.39, 0.29) is 0 Å². The predicted molar refractivity (Wildman–Crippen MR) is 142 cm³/mol. The second kappa shape index (κ2) is 10.2. The minimum absolute atomic E-state index is 0.756. The third kappa shape index (κ3) is 4.91. The van der Waals surface area contributed by atoms with Gasteiger partial charge in [0.2, 0.25) is 0 Å². The number of benzene rings is 1. The Morgan fingerprint density at radius 2 is 1.74 bits per heavy atom. The van der Waals surface area contributed by atoms with Gasteiger partial charge in [-0.25, -0.2) is 9.97 Å². The molecule has 2 aromatic heterocycles. The molecule has 2 aliphatic rings. The standard InChI is InChI=1S/C26H36N6OS/c1-5-30-8-10-32(11-9-30)22-7-6-21(16-18(22)2)27-25-24-19(3)20(4)34-26(24)29-23(28-25)17-31-12-14-33-15-13-31/h6-7,16H,5,8-15,17H2,1-4H3,(H,27,28,29). The molecule has 34 heavy (non-hydrogen) atoms. The maximum atomic E-state index is 5.51. The maximum absolute atomic E-state index is 5.51. The summed E-state index contributed by atoms with van der Waals surface area (Å²) in [5.41, 5.74) is 4.98. The SMILES string of the molecule is CCN1CCN(c2ccc(Nc3nc(CN4CCOCC4)nc4sc(C)c(C)c34)cc2C)CC1. The van der Waals surface area contributed by atoms with Crippen LogP contribution < -0.4 is 10.2 Å². The summed E-state index contributed by atoms with van der Waals surface area (Å²) in [6.45, 7) is 18.6. The molecule has 0 spiro atoms. The molecule has 7 nitrogen and oxygen atoms in total. The molecule has 0 amide bonds. The van der Waals surface area contributed by atoms with Crippen molar-refractivity contribution in [1.29, 1.82) is 0 Å². The van der Waals surface area contributed by atoms with Crippen LogP contribution in [0.3, 0.4) is 0 Å². The quantitative estimate of drug-likeness (QED) is 0.563. The molecule has 4 heterocycles. The Kier molecular flexibility index (Phi) is 7.01. The molecule has 0 radical (unpaired) electrons. The van der Waals surface area contributed by atoms with Gasteiger partial charge in [-0.15, -0.1) is 11.3 Å². The second-order valence-electron chi connectivity index (χ2n) is 9.39. The highest BCUT2D eigenvalue weighted by Crippen LogP contribution is 2.35. The van der Waals surface area contributed by atoms with Gasteiger partial charge in [-0.05, 0) is 56.6 Å². The Morgan fingerprint density at radius 3 is 2.44 bits per heavy atom. The fraction of sp³-hybridized carbons (Fsp3) is 0.538. The number of thiophene rings is 1. The summed E-state index contributed by atoms with van der Waals surface area (Å²) in [5.74, 6) is 1.79. The number of nitrogens with one attached hydrogen (secondary N) is 1. The number of aryl methyl sites for hydroxylation is 3. The van der Waals surface area contributed by atoms with E-state index in [0.717, 1.165) is 93.1 Å². The first-order valence-electron chi connectivity index (χ1n) is 12.4. The molecule has 0 aliphatic carbocycles. The number of likely N-dealkylation sites (N-methyl/N-ethyl adjacent to an activating group) is 1. The summed E-state index contributed by atoms with van der Waals surface area (Å²) in [5, 5.41) is 4.80. The van der Waals surface area contributed by atoms with Gasteiger partial charge in [-0.3, -0.25) is 4.90 Å². The highest BCUT2D eigenvalue weighted by molar-refractivity contribution is 7.18. The molecule has 2 fully saturated rings. The Bertz CT molecular complexity index is 1150. The van der Waals surface area contributed by atoms with Crippen LogP contribution in [0.4, 0.5) is 17.2 Å². The minimum Gasteiger partial charge on any atom is -0.379 e. The van der Waals surface area contributed by atoms with Crippen molar-refractivity contribution < 1.29 is 4.74 Å². The highest BCUT2D eigenvalue weighted by Gasteiger charge is 2.20. The lowest BCUT2D eigenvalue weighted by molar-refractivity contribution is 0.0331. The van der Waals surface area contributed by atoms with Crippen molar-refractivity contribution in [2.75, 3.05) is 69.2 Å². The molecule has 2 aliphatic heterocycles. The first-order chi connectivity index (χ1) is 16.5. The van der Waals surface area contributed by atoms with E-state index in [1.54, 1.807) is 11.3 Å². The number of nitrogens with zero attached hydrogens (tertiary/aromatic N) is 5. The molecular weight excluding hydrogens is 444 g/mol. The number of aromatic nitrogens is 2. The van der Waals surface area contributed by atoms with Crippen molar-refractivity contribution in [3.63, 3.8) is 0 Å². The van der Waals surface area contributed by atoms with E-state index in [9.17, 15) is 0 Å². The molecule has 0 atom stereocenters. The van der Waals surface area contributed by atoms with Gasteiger partial charge in [-0.2, -0.15) is 0 Å². The van der Waals surface area contributed by atoms with Crippen LogP contribution in [-0.2, 0) is 11.3 Å². The number of ether oxygens (including phenoxy) is 1. The minimum atomic E-state index is 0.756. The molecule has 0 unspecified atom stereocenters. The molecule has 0 saturated carbocycles. The zero-order valence-electron chi connectivity index (χ0n) is 20.9. The zero-order chi connectivity index (χ0) is 23.7. The third-order valence-corrected chi connectivity index (χ3v) is 8.26. The van der Waals surface area contributed by atoms with E-state index >= 15 is 0 Å². The van der Waals surface area contributed by atoms with Crippen LogP contribution in [-0.4, -0.2) is 78.8 Å². The van der Waals surface area contributed by atoms with Crippen LogP contribution in [0.1, 0.15) is 28.8 Å². The predicted octanol–water partition coefficient (Wildman–Crippen LogP) is 4.33. The molecule has 182 valence electrons. The lowest BCUT2D eigenvalue weighted by atomic mass is 10.1. The number of fused-ring (bicyclic) bond motifs is 1. The smallest absolute Gasteiger partial charge is 0.146 e. The van der Waals surface area contributed by atoms with Gasteiger partial charge in [-0.1, -0.05) is 6.92 Å². The van der Waals surface area contributed by atoms with Crippen LogP contribution in [0, 0.1) is 20.8 Å². The number of piperazine rings is 1. The monoisotopic (exact) mass is 480 g/mol. The van der Waals surface area contributed by atoms with Crippen LogP contribution in [0.2, 0.25) is 0 Å². The lowest BCUT2D eigenvalue weighted by Crippen LogP contribution is -2.46. The maximum Gasteiger partial charge on any atom is 0.146 e. The highest BCUT2D eigenvalue weighted by atomic mass is 32.1. The first kappa shape index (κ1) is 23.5. The van der Waals surface area contributed by atoms with Crippen molar-refractivity contribution in [3.8, 4) is 0 Å². The van der Waals surface area contributed by atoms with Gasteiger partial charge < -0.3 is 19.9 Å². The Hall–Kier alpha value is -2.26. The average Bonchev–Trinajstić information content (AvgIpc) is 3.13. The van der Waals surface area contributed by atoms with Gasteiger partial charge in [0.15, 0.2) is 0 Å². The summed E-state index contributed by atoms with van der Waals surface area (Å²) in [7, 11) is 0. The molecule has 3 aromatic rings. The number of hydrogen-bond acceptors (Lipinski definition) is 8. The molecule has 5 rings (SSSR count). The van der Waals surface area contributed by atoms with Gasteiger partial charge in [0.1, 0.15) is 16.5 Å². The summed E-state index contributed by atoms with van der Waals surface area (Å²) >= 11 is 1.76. The average molecular weight is 481 g/mol. The third-order valence-electron chi connectivity index (χ3n) is 7.16. The van der Waals surface area contributed by atoms with E-state index < -0.39 is 0 Å². The summed E-state index contributed by atoms with van der Waals surface area (Å²) in [4.78, 5) is 19.7. The largest absolute Gasteiger partial charge is 0.379 e. The fourth-order valence-corrected chi connectivity index (χ4v) is 5.99. The van der Waals surface area contributed by atoms with Gasteiger partial charge in [0.25, 0.3) is 0 Å². The number of rotatable bonds is 6. The Balaban J connectivity index is 1.40. The van der Waals surface area contributed by atoms with Crippen molar-refractivity contribution >= 4 is 38.7 Å². The van der Waals surface area contributed by atoms with E-state index in [0.29, 0.717) is 0 Å². The van der Waals surface area contributed by atoms with E-state index in [1.165, 1.54) is 21.7 Å². The van der Waals surface area contributed by atoms with Gasteiger partial charge in [0, 0.05) is 55.5 Å². The molecule has 1 N–H and O–H groups in total. The molecule has 8 heteroatoms. The van der Waals surface area contributed by atoms with Crippen molar-refractivity contribution in [2.24, 2.45) is 0 Å². The topological polar surface area (TPSA) is 56.8 Å². The molecular formula is C26H36N6OS.